The van der Waals surface area contributed by atoms with Gasteiger partial charge in [-0.3, -0.25) is 4.79 Å². The van der Waals surface area contributed by atoms with E-state index in [0.29, 0.717) is 19.4 Å². The first-order valence-electron chi connectivity index (χ1n) is 12.4. The Labute approximate surface area is 206 Å². The Hall–Kier alpha value is -3.35. The standard InChI is InChI=1S/C28H34N2O5/c1-4-10-23(25(31)30-16-9-15-28(2,3)24(30)26(32)33)29-27(34)35-17-22-20-13-7-5-11-18(20)19-12-6-8-14-21(19)22/h5-8,11-14,22-24H,4,9-10,15-17H2,1-3H3,(H,29,34)(H,32,33). The van der Waals surface area contributed by atoms with E-state index < -0.39 is 29.6 Å². The highest BCUT2D eigenvalue weighted by molar-refractivity contribution is 5.90. The highest BCUT2D eigenvalue weighted by Gasteiger charge is 2.46. The third kappa shape index (κ3) is 4.90. The van der Waals surface area contributed by atoms with E-state index in [-0.39, 0.29) is 18.4 Å². The number of benzene rings is 2. The van der Waals surface area contributed by atoms with Crippen molar-refractivity contribution in [2.75, 3.05) is 13.2 Å². The molecule has 35 heavy (non-hydrogen) atoms. The second kappa shape index (κ2) is 10.1. The summed E-state index contributed by atoms with van der Waals surface area (Å²) in [6, 6.07) is 14.5. The van der Waals surface area contributed by atoms with Crippen molar-refractivity contribution in [3.63, 3.8) is 0 Å². The van der Waals surface area contributed by atoms with Crippen molar-refractivity contribution in [2.24, 2.45) is 5.41 Å². The molecule has 0 bridgehead atoms. The first kappa shape index (κ1) is 24.8. The fraction of sp³-hybridized carbons (Fsp3) is 0.464. The highest BCUT2D eigenvalue weighted by atomic mass is 16.5. The summed E-state index contributed by atoms with van der Waals surface area (Å²) in [6.45, 7) is 6.19. The van der Waals surface area contributed by atoms with Gasteiger partial charge in [0, 0.05) is 12.5 Å². The Morgan fingerprint density at radius 1 is 1.09 bits per heavy atom. The normalized spacial score (nSPS) is 19.4. The minimum absolute atomic E-state index is 0.0761. The van der Waals surface area contributed by atoms with Gasteiger partial charge >= 0.3 is 12.1 Å². The Balaban J connectivity index is 1.45. The average Bonchev–Trinajstić information content (AvgIpc) is 3.14. The Morgan fingerprint density at radius 3 is 2.26 bits per heavy atom. The van der Waals surface area contributed by atoms with E-state index in [0.717, 1.165) is 35.1 Å². The highest BCUT2D eigenvalue weighted by Crippen LogP contribution is 2.44. The molecule has 2 amide bonds. The smallest absolute Gasteiger partial charge is 0.407 e. The molecule has 7 heteroatoms. The molecule has 2 aromatic rings. The van der Waals surface area contributed by atoms with Gasteiger partial charge < -0.3 is 20.1 Å². The van der Waals surface area contributed by atoms with Gasteiger partial charge in [-0.1, -0.05) is 75.7 Å². The zero-order valence-corrected chi connectivity index (χ0v) is 20.6. The van der Waals surface area contributed by atoms with Gasteiger partial charge in [0.1, 0.15) is 18.7 Å². The number of carboxylic acid groups (broad SMARTS) is 1. The molecule has 2 atom stereocenters. The number of ether oxygens (including phenoxy) is 1. The number of fused-ring (bicyclic) bond motifs is 3. The molecule has 2 aromatic carbocycles. The summed E-state index contributed by atoms with van der Waals surface area (Å²) in [7, 11) is 0. The molecule has 1 fully saturated rings. The van der Waals surface area contributed by atoms with Crippen LogP contribution in [0, 0.1) is 5.41 Å². The van der Waals surface area contributed by atoms with E-state index in [9.17, 15) is 19.5 Å². The van der Waals surface area contributed by atoms with Crippen LogP contribution in [-0.4, -0.2) is 53.2 Å². The van der Waals surface area contributed by atoms with E-state index in [1.165, 1.54) is 4.90 Å². The zero-order valence-electron chi connectivity index (χ0n) is 20.6. The largest absolute Gasteiger partial charge is 0.480 e. The molecule has 2 unspecified atom stereocenters. The first-order valence-corrected chi connectivity index (χ1v) is 12.4. The molecule has 1 saturated heterocycles. The molecule has 1 aliphatic carbocycles. The van der Waals surface area contributed by atoms with Crippen molar-refractivity contribution < 1.29 is 24.2 Å². The second-order valence-corrected chi connectivity index (χ2v) is 10.2. The van der Waals surface area contributed by atoms with Crippen LogP contribution in [0.5, 0.6) is 0 Å². The fourth-order valence-electron chi connectivity index (χ4n) is 5.63. The number of hydrogen-bond donors (Lipinski definition) is 2. The van der Waals surface area contributed by atoms with Gasteiger partial charge in [-0.15, -0.1) is 0 Å². The summed E-state index contributed by atoms with van der Waals surface area (Å²) in [5.74, 6) is -1.45. The zero-order chi connectivity index (χ0) is 25.2. The third-order valence-electron chi connectivity index (χ3n) is 7.30. The molecule has 2 N–H and O–H groups in total. The maximum Gasteiger partial charge on any atom is 0.407 e. The number of hydrogen-bond acceptors (Lipinski definition) is 4. The Kier molecular flexibility index (Phi) is 7.15. The molecule has 186 valence electrons. The molecule has 0 aromatic heterocycles. The van der Waals surface area contributed by atoms with Crippen LogP contribution >= 0.6 is 0 Å². The topological polar surface area (TPSA) is 95.9 Å². The van der Waals surface area contributed by atoms with E-state index in [4.69, 9.17) is 4.74 Å². The van der Waals surface area contributed by atoms with Crippen molar-refractivity contribution in [3.8, 4) is 11.1 Å². The molecule has 0 saturated carbocycles. The molecule has 1 heterocycles. The summed E-state index contributed by atoms with van der Waals surface area (Å²) in [6.07, 6.45) is 1.86. The van der Waals surface area contributed by atoms with E-state index in [1.54, 1.807) is 0 Å². The van der Waals surface area contributed by atoms with Gasteiger partial charge in [0.05, 0.1) is 0 Å². The van der Waals surface area contributed by atoms with Crippen LogP contribution in [-0.2, 0) is 14.3 Å². The molecule has 2 aliphatic rings. The predicted molar refractivity (Wildman–Crippen MR) is 133 cm³/mol. The van der Waals surface area contributed by atoms with Crippen molar-refractivity contribution >= 4 is 18.0 Å². The molecular formula is C28H34N2O5. The molecule has 4 rings (SSSR count). The molecular weight excluding hydrogens is 444 g/mol. The maximum atomic E-state index is 13.4. The van der Waals surface area contributed by atoms with Crippen LogP contribution in [0.3, 0.4) is 0 Å². The van der Waals surface area contributed by atoms with Crippen molar-refractivity contribution in [1.82, 2.24) is 10.2 Å². The van der Waals surface area contributed by atoms with Crippen molar-refractivity contribution in [1.29, 1.82) is 0 Å². The first-order chi connectivity index (χ1) is 16.7. The van der Waals surface area contributed by atoms with Gasteiger partial charge in [0.15, 0.2) is 0 Å². The summed E-state index contributed by atoms with van der Waals surface area (Å²) in [5, 5.41) is 12.6. The van der Waals surface area contributed by atoms with Gasteiger partial charge in [-0.2, -0.15) is 0 Å². The number of nitrogens with one attached hydrogen (secondary N) is 1. The lowest BCUT2D eigenvalue weighted by Gasteiger charge is -2.45. The number of carboxylic acids is 1. The second-order valence-electron chi connectivity index (χ2n) is 10.2. The third-order valence-corrected chi connectivity index (χ3v) is 7.30. The molecule has 0 spiro atoms. The maximum absolute atomic E-state index is 13.4. The average molecular weight is 479 g/mol. The van der Waals surface area contributed by atoms with Crippen LogP contribution in [0.1, 0.15) is 63.5 Å². The van der Waals surface area contributed by atoms with Crippen molar-refractivity contribution in [2.45, 2.75) is 64.5 Å². The summed E-state index contributed by atoms with van der Waals surface area (Å²) in [5.41, 5.74) is 3.97. The summed E-state index contributed by atoms with van der Waals surface area (Å²) in [4.78, 5) is 39.7. The number of aliphatic carboxylic acids is 1. The lowest BCUT2D eigenvalue weighted by molar-refractivity contribution is -0.159. The summed E-state index contributed by atoms with van der Waals surface area (Å²) < 4.78 is 5.63. The lowest BCUT2D eigenvalue weighted by Crippen LogP contribution is -2.60. The number of rotatable bonds is 7. The minimum atomic E-state index is -1.01. The van der Waals surface area contributed by atoms with Gasteiger partial charge in [-0.25, -0.2) is 9.59 Å². The predicted octanol–water partition coefficient (Wildman–Crippen LogP) is 4.80. The quantitative estimate of drug-likeness (QED) is 0.596. The number of alkyl carbamates (subject to hydrolysis) is 1. The van der Waals surface area contributed by atoms with E-state index >= 15 is 0 Å². The number of carbonyl (C=O) groups is 3. The van der Waals surface area contributed by atoms with E-state index in [2.05, 4.69) is 29.6 Å². The Morgan fingerprint density at radius 2 is 1.69 bits per heavy atom. The Bertz CT molecular complexity index is 1070. The minimum Gasteiger partial charge on any atom is -0.480 e. The van der Waals surface area contributed by atoms with Gasteiger partial charge in [-0.05, 0) is 46.9 Å². The fourth-order valence-corrected chi connectivity index (χ4v) is 5.63. The number of likely N-dealkylation sites (tertiary alicyclic amines) is 1. The SMILES string of the molecule is CCCC(NC(=O)OCC1c2ccccc2-c2ccccc21)C(=O)N1CCCC(C)(C)C1C(=O)O. The number of carbonyl (C=O) groups excluding carboxylic acids is 2. The van der Waals surface area contributed by atoms with Crippen LogP contribution in [0.25, 0.3) is 11.1 Å². The van der Waals surface area contributed by atoms with Crippen LogP contribution in [0.4, 0.5) is 4.79 Å². The summed E-state index contributed by atoms with van der Waals surface area (Å²) >= 11 is 0. The van der Waals surface area contributed by atoms with Crippen LogP contribution in [0.2, 0.25) is 0 Å². The van der Waals surface area contributed by atoms with Crippen molar-refractivity contribution in [3.05, 3.63) is 59.7 Å². The number of amides is 2. The lowest BCUT2D eigenvalue weighted by atomic mass is 9.76. The van der Waals surface area contributed by atoms with Crippen LogP contribution < -0.4 is 5.32 Å². The van der Waals surface area contributed by atoms with E-state index in [1.807, 2.05) is 45.0 Å². The molecule has 1 aliphatic heterocycles. The van der Waals surface area contributed by atoms with Gasteiger partial charge in [0.25, 0.3) is 0 Å². The molecule has 0 radical (unpaired) electrons. The number of nitrogens with zero attached hydrogens (tertiary/aromatic N) is 1. The monoisotopic (exact) mass is 478 g/mol. The van der Waals surface area contributed by atoms with Gasteiger partial charge in [0.2, 0.25) is 5.91 Å². The molecule has 7 nitrogen and oxygen atoms in total. The number of piperidine rings is 1. The van der Waals surface area contributed by atoms with Crippen LogP contribution in [0.15, 0.2) is 48.5 Å².